The number of hydrogen-bond acceptors (Lipinski definition) is 1. The minimum atomic E-state index is 1.07. The number of rotatable bonds is 1. The van der Waals surface area contributed by atoms with Gasteiger partial charge in [0.15, 0.2) is 0 Å². The molecule has 0 amide bonds. The van der Waals surface area contributed by atoms with Crippen molar-refractivity contribution >= 4 is 10.9 Å². The molecule has 0 saturated heterocycles. The van der Waals surface area contributed by atoms with E-state index in [-0.39, 0.29) is 0 Å². The summed E-state index contributed by atoms with van der Waals surface area (Å²) in [5.74, 6) is 0. The van der Waals surface area contributed by atoms with Crippen LogP contribution in [0, 0.1) is 6.92 Å². The van der Waals surface area contributed by atoms with Crippen LogP contribution in [0.25, 0.3) is 10.9 Å². The average Bonchev–Trinajstić information content (AvgIpc) is 2.16. The van der Waals surface area contributed by atoms with Crippen LogP contribution in [0.15, 0.2) is 30.5 Å². The Morgan fingerprint density at radius 2 is 2.15 bits per heavy atom. The third kappa shape index (κ3) is 1.42. The Bertz CT molecular complexity index is 432. The Labute approximate surface area is 78.4 Å². The van der Waals surface area contributed by atoms with E-state index in [1.807, 2.05) is 12.3 Å². The zero-order valence-corrected chi connectivity index (χ0v) is 8.04. The molecule has 0 fully saturated rings. The minimum absolute atomic E-state index is 1.07. The summed E-state index contributed by atoms with van der Waals surface area (Å²) in [5.41, 5.74) is 3.80. The maximum absolute atomic E-state index is 4.35. The normalized spacial score (nSPS) is 10.6. The quantitative estimate of drug-likeness (QED) is 0.642. The molecule has 13 heavy (non-hydrogen) atoms. The highest BCUT2D eigenvalue weighted by Gasteiger charge is 1.99. The van der Waals surface area contributed by atoms with E-state index < -0.39 is 0 Å². The summed E-state index contributed by atoms with van der Waals surface area (Å²) in [6, 6.07) is 8.51. The lowest BCUT2D eigenvalue weighted by Crippen LogP contribution is -1.87. The molecule has 2 rings (SSSR count). The van der Waals surface area contributed by atoms with E-state index >= 15 is 0 Å². The molecular formula is C12H13N. The zero-order valence-electron chi connectivity index (χ0n) is 8.04. The second kappa shape index (κ2) is 3.17. The second-order valence-electron chi connectivity index (χ2n) is 3.35. The molecule has 0 bridgehead atoms. The van der Waals surface area contributed by atoms with Crippen molar-refractivity contribution in [3.8, 4) is 0 Å². The van der Waals surface area contributed by atoms with Gasteiger partial charge in [-0.25, -0.2) is 0 Å². The number of nitrogens with zero attached hydrogens (tertiary/aromatic N) is 1. The van der Waals surface area contributed by atoms with E-state index in [1.165, 1.54) is 16.5 Å². The highest BCUT2D eigenvalue weighted by Crippen LogP contribution is 2.19. The molecule has 0 aliphatic rings. The van der Waals surface area contributed by atoms with Gasteiger partial charge < -0.3 is 0 Å². The van der Waals surface area contributed by atoms with Gasteiger partial charge in [0.1, 0.15) is 0 Å². The van der Waals surface area contributed by atoms with Crippen LogP contribution in [0.2, 0.25) is 0 Å². The molecule has 2 aromatic rings. The lowest BCUT2D eigenvalue weighted by atomic mass is 10.0. The maximum atomic E-state index is 4.35. The van der Waals surface area contributed by atoms with Gasteiger partial charge in [-0.2, -0.15) is 0 Å². The largest absolute Gasteiger partial charge is 0.256 e. The van der Waals surface area contributed by atoms with Crippen LogP contribution in [0.5, 0.6) is 0 Å². The molecule has 1 heteroatoms. The average molecular weight is 171 g/mol. The van der Waals surface area contributed by atoms with E-state index in [0.717, 1.165) is 11.9 Å². The van der Waals surface area contributed by atoms with Crippen molar-refractivity contribution in [3.63, 3.8) is 0 Å². The van der Waals surface area contributed by atoms with E-state index in [1.54, 1.807) is 0 Å². The summed E-state index contributed by atoms with van der Waals surface area (Å²) in [7, 11) is 0. The molecule has 0 radical (unpaired) electrons. The predicted molar refractivity (Wildman–Crippen MR) is 55.9 cm³/mol. The fourth-order valence-corrected chi connectivity index (χ4v) is 1.71. The Kier molecular flexibility index (Phi) is 2.01. The summed E-state index contributed by atoms with van der Waals surface area (Å²) < 4.78 is 0. The van der Waals surface area contributed by atoms with Gasteiger partial charge in [-0.05, 0) is 36.6 Å². The molecule has 1 heterocycles. The van der Waals surface area contributed by atoms with Crippen LogP contribution in [0.3, 0.4) is 0 Å². The summed E-state index contributed by atoms with van der Waals surface area (Å²) in [6.07, 6.45) is 2.92. The van der Waals surface area contributed by atoms with E-state index in [9.17, 15) is 0 Å². The standard InChI is InChI=1S/C12H13N/c1-3-10-7-9(2)8-12-11(10)5-4-6-13-12/h4-8H,3H2,1-2H3. The zero-order chi connectivity index (χ0) is 9.26. The lowest BCUT2D eigenvalue weighted by molar-refractivity contribution is 1.15. The van der Waals surface area contributed by atoms with Gasteiger partial charge in [-0.3, -0.25) is 4.98 Å². The summed E-state index contributed by atoms with van der Waals surface area (Å²) in [4.78, 5) is 4.35. The third-order valence-corrected chi connectivity index (χ3v) is 2.33. The molecule has 0 atom stereocenters. The SMILES string of the molecule is CCc1cc(C)cc2ncccc12. The molecule has 0 spiro atoms. The first-order valence-electron chi connectivity index (χ1n) is 4.65. The molecule has 1 aromatic heterocycles. The first-order valence-corrected chi connectivity index (χ1v) is 4.65. The highest BCUT2D eigenvalue weighted by atomic mass is 14.6. The topological polar surface area (TPSA) is 12.9 Å². The van der Waals surface area contributed by atoms with Crippen LogP contribution in [-0.2, 0) is 6.42 Å². The van der Waals surface area contributed by atoms with Crippen LogP contribution < -0.4 is 0 Å². The maximum Gasteiger partial charge on any atom is 0.0707 e. The lowest BCUT2D eigenvalue weighted by Gasteiger charge is -2.04. The van der Waals surface area contributed by atoms with Crippen molar-refractivity contribution in [2.45, 2.75) is 20.3 Å². The van der Waals surface area contributed by atoms with Crippen molar-refractivity contribution < 1.29 is 0 Å². The first-order chi connectivity index (χ1) is 6.31. The monoisotopic (exact) mass is 171 g/mol. The number of pyridine rings is 1. The summed E-state index contributed by atoms with van der Waals surface area (Å²) >= 11 is 0. The fraction of sp³-hybridized carbons (Fsp3) is 0.250. The molecule has 0 saturated carbocycles. The highest BCUT2D eigenvalue weighted by molar-refractivity contribution is 5.82. The first kappa shape index (κ1) is 8.24. The number of aromatic nitrogens is 1. The Balaban J connectivity index is 2.81. The third-order valence-electron chi connectivity index (χ3n) is 2.33. The number of hydrogen-bond donors (Lipinski definition) is 0. The Morgan fingerprint density at radius 1 is 1.31 bits per heavy atom. The number of aryl methyl sites for hydroxylation is 2. The van der Waals surface area contributed by atoms with Crippen LogP contribution in [-0.4, -0.2) is 4.98 Å². The van der Waals surface area contributed by atoms with Gasteiger partial charge in [0, 0.05) is 11.6 Å². The molecule has 0 unspecified atom stereocenters. The number of fused-ring (bicyclic) bond motifs is 1. The summed E-state index contributed by atoms with van der Waals surface area (Å²) in [6.45, 7) is 4.30. The van der Waals surface area contributed by atoms with Crippen molar-refractivity contribution in [1.82, 2.24) is 4.98 Å². The van der Waals surface area contributed by atoms with E-state index in [4.69, 9.17) is 0 Å². The van der Waals surface area contributed by atoms with Gasteiger partial charge >= 0.3 is 0 Å². The molecule has 0 aliphatic carbocycles. The number of benzene rings is 1. The van der Waals surface area contributed by atoms with Crippen molar-refractivity contribution in [2.75, 3.05) is 0 Å². The molecular weight excluding hydrogens is 158 g/mol. The minimum Gasteiger partial charge on any atom is -0.256 e. The second-order valence-corrected chi connectivity index (χ2v) is 3.35. The molecule has 1 aromatic carbocycles. The van der Waals surface area contributed by atoms with Gasteiger partial charge in [-0.15, -0.1) is 0 Å². The summed E-state index contributed by atoms with van der Waals surface area (Å²) in [5, 5.41) is 1.29. The molecule has 66 valence electrons. The molecule has 0 N–H and O–H groups in total. The van der Waals surface area contributed by atoms with Crippen LogP contribution in [0.4, 0.5) is 0 Å². The van der Waals surface area contributed by atoms with Crippen LogP contribution >= 0.6 is 0 Å². The van der Waals surface area contributed by atoms with Crippen molar-refractivity contribution in [3.05, 3.63) is 41.6 Å². The van der Waals surface area contributed by atoms with Crippen molar-refractivity contribution in [1.29, 1.82) is 0 Å². The predicted octanol–water partition coefficient (Wildman–Crippen LogP) is 3.11. The van der Waals surface area contributed by atoms with Gasteiger partial charge in [-0.1, -0.05) is 19.1 Å². The van der Waals surface area contributed by atoms with Gasteiger partial charge in [0.25, 0.3) is 0 Å². The van der Waals surface area contributed by atoms with Crippen molar-refractivity contribution in [2.24, 2.45) is 0 Å². The fourth-order valence-electron chi connectivity index (χ4n) is 1.71. The van der Waals surface area contributed by atoms with Gasteiger partial charge in [0.05, 0.1) is 5.52 Å². The molecule has 0 aliphatic heterocycles. The van der Waals surface area contributed by atoms with Gasteiger partial charge in [0.2, 0.25) is 0 Å². The Morgan fingerprint density at radius 3 is 2.92 bits per heavy atom. The van der Waals surface area contributed by atoms with Crippen LogP contribution in [0.1, 0.15) is 18.1 Å². The van der Waals surface area contributed by atoms with E-state index in [2.05, 4.69) is 37.0 Å². The molecule has 1 nitrogen and oxygen atoms in total. The van der Waals surface area contributed by atoms with E-state index in [0.29, 0.717) is 0 Å². The smallest absolute Gasteiger partial charge is 0.0707 e. The Hall–Kier alpha value is -1.37.